The summed E-state index contributed by atoms with van der Waals surface area (Å²) >= 11 is 1.77. The van der Waals surface area contributed by atoms with Crippen LogP contribution in [0.4, 0.5) is 4.79 Å². The minimum absolute atomic E-state index is 0.0479. The molecule has 1 heterocycles. The lowest BCUT2D eigenvalue weighted by atomic mass is 9.82. The van der Waals surface area contributed by atoms with Crippen LogP contribution in [0.5, 0.6) is 0 Å². The van der Waals surface area contributed by atoms with Crippen LogP contribution >= 0.6 is 11.8 Å². The van der Waals surface area contributed by atoms with Gasteiger partial charge < -0.3 is 14.9 Å². The standard InChI is InChI=1S/C13H24N2O3S/c1-13(11(16)17)6-4-8-15(10-13)12(18)14(2)7-5-9-19-3/h4-10H2,1-3H3,(H,16,17). The van der Waals surface area contributed by atoms with Gasteiger partial charge in [-0.05, 0) is 38.2 Å². The van der Waals surface area contributed by atoms with Gasteiger partial charge in [-0.15, -0.1) is 0 Å². The first-order valence-corrected chi connectivity index (χ1v) is 8.02. The van der Waals surface area contributed by atoms with E-state index in [1.807, 2.05) is 6.26 Å². The molecule has 0 aromatic carbocycles. The molecule has 5 nitrogen and oxygen atoms in total. The minimum atomic E-state index is -0.810. The van der Waals surface area contributed by atoms with Crippen LogP contribution in [-0.2, 0) is 4.79 Å². The Balaban J connectivity index is 2.54. The molecule has 1 saturated heterocycles. The summed E-state index contributed by atoms with van der Waals surface area (Å²) < 4.78 is 0. The summed E-state index contributed by atoms with van der Waals surface area (Å²) in [6, 6.07) is -0.0479. The Hall–Kier alpha value is -0.910. The number of carbonyl (C=O) groups is 2. The van der Waals surface area contributed by atoms with E-state index in [-0.39, 0.29) is 6.03 Å². The van der Waals surface area contributed by atoms with Crippen molar-refractivity contribution in [2.75, 3.05) is 38.7 Å². The van der Waals surface area contributed by atoms with E-state index in [1.165, 1.54) is 0 Å². The number of hydrogen-bond acceptors (Lipinski definition) is 3. The van der Waals surface area contributed by atoms with Crippen molar-refractivity contribution in [2.24, 2.45) is 5.41 Å². The molecule has 0 spiro atoms. The molecule has 2 amide bonds. The highest BCUT2D eigenvalue weighted by Gasteiger charge is 2.39. The van der Waals surface area contributed by atoms with Crippen LogP contribution in [0, 0.1) is 5.41 Å². The highest BCUT2D eigenvalue weighted by Crippen LogP contribution is 2.30. The summed E-state index contributed by atoms with van der Waals surface area (Å²) in [6.45, 7) is 3.42. The van der Waals surface area contributed by atoms with Gasteiger partial charge >= 0.3 is 12.0 Å². The Bertz CT molecular complexity index is 338. The van der Waals surface area contributed by atoms with Crippen molar-refractivity contribution in [1.29, 1.82) is 0 Å². The monoisotopic (exact) mass is 288 g/mol. The van der Waals surface area contributed by atoms with Gasteiger partial charge in [0.1, 0.15) is 0 Å². The van der Waals surface area contributed by atoms with Gasteiger partial charge in [0, 0.05) is 26.7 Å². The number of urea groups is 1. The number of carbonyl (C=O) groups excluding carboxylic acids is 1. The fourth-order valence-electron chi connectivity index (χ4n) is 2.36. The Kier molecular flexibility index (Phi) is 5.97. The number of carboxylic acid groups (broad SMARTS) is 1. The Morgan fingerprint density at radius 1 is 1.47 bits per heavy atom. The van der Waals surface area contributed by atoms with Crippen LogP contribution in [0.25, 0.3) is 0 Å². The maximum Gasteiger partial charge on any atom is 0.319 e. The zero-order valence-corrected chi connectivity index (χ0v) is 12.8. The van der Waals surface area contributed by atoms with E-state index in [9.17, 15) is 14.7 Å². The van der Waals surface area contributed by atoms with E-state index in [0.29, 0.717) is 19.5 Å². The third-order valence-electron chi connectivity index (χ3n) is 3.65. The highest BCUT2D eigenvalue weighted by molar-refractivity contribution is 7.98. The largest absolute Gasteiger partial charge is 0.481 e. The molecular weight excluding hydrogens is 264 g/mol. The topological polar surface area (TPSA) is 60.9 Å². The van der Waals surface area contributed by atoms with Crippen LogP contribution in [-0.4, -0.2) is 65.6 Å². The van der Waals surface area contributed by atoms with Gasteiger partial charge in [0.15, 0.2) is 0 Å². The molecule has 1 N–H and O–H groups in total. The number of nitrogens with zero attached hydrogens (tertiary/aromatic N) is 2. The summed E-state index contributed by atoms with van der Waals surface area (Å²) in [5, 5.41) is 9.25. The van der Waals surface area contributed by atoms with E-state index >= 15 is 0 Å². The first-order valence-electron chi connectivity index (χ1n) is 6.63. The van der Waals surface area contributed by atoms with E-state index in [0.717, 1.165) is 25.1 Å². The fraction of sp³-hybridized carbons (Fsp3) is 0.846. The molecule has 1 aliphatic rings. The maximum atomic E-state index is 12.3. The molecule has 19 heavy (non-hydrogen) atoms. The second-order valence-electron chi connectivity index (χ2n) is 5.44. The Morgan fingerprint density at radius 2 is 2.16 bits per heavy atom. The van der Waals surface area contributed by atoms with Gasteiger partial charge in [-0.1, -0.05) is 0 Å². The summed E-state index contributed by atoms with van der Waals surface area (Å²) in [5.41, 5.74) is -0.798. The van der Waals surface area contributed by atoms with E-state index in [1.54, 1.807) is 35.5 Å². The van der Waals surface area contributed by atoms with Crippen LogP contribution in [0.2, 0.25) is 0 Å². The lowest BCUT2D eigenvalue weighted by Gasteiger charge is -2.39. The molecular formula is C13H24N2O3S. The molecule has 1 atom stereocenters. The summed E-state index contributed by atoms with van der Waals surface area (Å²) in [7, 11) is 1.79. The van der Waals surface area contributed by atoms with Crippen LogP contribution in [0.15, 0.2) is 0 Å². The normalized spacial score (nSPS) is 23.2. The molecule has 1 aliphatic heterocycles. The second-order valence-corrected chi connectivity index (χ2v) is 6.43. The molecule has 0 aliphatic carbocycles. The number of hydrogen-bond donors (Lipinski definition) is 1. The molecule has 0 aromatic rings. The zero-order chi connectivity index (χ0) is 14.5. The van der Waals surface area contributed by atoms with Crippen molar-refractivity contribution in [3.8, 4) is 0 Å². The lowest BCUT2D eigenvalue weighted by Crippen LogP contribution is -2.51. The molecule has 110 valence electrons. The SMILES string of the molecule is CSCCCN(C)C(=O)N1CCCC(C)(C(=O)O)C1. The third kappa shape index (κ3) is 4.30. The van der Waals surface area contributed by atoms with Gasteiger partial charge in [0.05, 0.1) is 5.41 Å². The smallest absolute Gasteiger partial charge is 0.319 e. The summed E-state index contributed by atoms with van der Waals surface area (Å²) in [4.78, 5) is 26.9. The first-order chi connectivity index (χ1) is 8.90. The summed E-state index contributed by atoms with van der Waals surface area (Å²) in [5.74, 6) is 0.222. The lowest BCUT2D eigenvalue weighted by molar-refractivity contribution is -0.150. The van der Waals surface area contributed by atoms with Crippen molar-refractivity contribution < 1.29 is 14.7 Å². The average molecular weight is 288 g/mol. The van der Waals surface area contributed by atoms with Gasteiger partial charge in [0.25, 0.3) is 0 Å². The van der Waals surface area contributed by atoms with Crippen molar-refractivity contribution in [1.82, 2.24) is 9.80 Å². The molecule has 0 radical (unpaired) electrons. The van der Waals surface area contributed by atoms with E-state index < -0.39 is 11.4 Å². The predicted octanol–water partition coefficient (Wildman–Crippen LogP) is 1.98. The van der Waals surface area contributed by atoms with Crippen molar-refractivity contribution >= 4 is 23.8 Å². The van der Waals surface area contributed by atoms with Gasteiger partial charge in [-0.25, -0.2) is 4.79 Å². The number of likely N-dealkylation sites (tertiary alicyclic amines) is 1. The number of carboxylic acids is 1. The number of piperidine rings is 1. The first kappa shape index (κ1) is 16.1. The van der Waals surface area contributed by atoms with Crippen LogP contribution < -0.4 is 0 Å². The molecule has 0 saturated carbocycles. The minimum Gasteiger partial charge on any atom is -0.481 e. The number of aliphatic carboxylic acids is 1. The second kappa shape index (κ2) is 7.03. The average Bonchev–Trinajstić information content (AvgIpc) is 2.38. The Morgan fingerprint density at radius 3 is 2.74 bits per heavy atom. The molecule has 1 fully saturated rings. The molecule has 1 unspecified atom stereocenters. The highest BCUT2D eigenvalue weighted by atomic mass is 32.2. The molecule has 0 aromatic heterocycles. The van der Waals surface area contributed by atoms with Crippen molar-refractivity contribution in [3.63, 3.8) is 0 Å². The van der Waals surface area contributed by atoms with E-state index in [2.05, 4.69) is 0 Å². The fourth-order valence-corrected chi connectivity index (χ4v) is 2.78. The number of amides is 2. The van der Waals surface area contributed by atoms with Crippen LogP contribution in [0.3, 0.4) is 0 Å². The molecule has 6 heteroatoms. The summed E-state index contributed by atoms with van der Waals surface area (Å²) in [6.07, 6.45) is 4.41. The van der Waals surface area contributed by atoms with Crippen LogP contribution in [0.1, 0.15) is 26.2 Å². The predicted molar refractivity (Wildman–Crippen MR) is 77.6 cm³/mol. The van der Waals surface area contributed by atoms with Crippen molar-refractivity contribution in [3.05, 3.63) is 0 Å². The quantitative estimate of drug-likeness (QED) is 0.786. The van der Waals surface area contributed by atoms with Crippen molar-refractivity contribution in [2.45, 2.75) is 26.2 Å². The van der Waals surface area contributed by atoms with Gasteiger partial charge in [0.2, 0.25) is 0 Å². The van der Waals surface area contributed by atoms with Gasteiger partial charge in [-0.2, -0.15) is 11.8 Å². The Labute approximate surface area is 119 Å². The third-order valence-corrected chi connectivity index (χ3v) is 4.35. The van der Waals surface area contributed by atoms with Gasteiger partial charge in [-0.3, -0.25) is 4.79 Å². The number of thioether (sulfide) groups is 1. The molecule has 1 rings (SSSR count). The molecule has 0 bridgehead atoms. The number of rotatable bonds is 5. The maximum absolute atomic E-state index is 12.3. The van der Waals surface area contributed by atoms with E-state index in [4.69, 9.17) is 0 Å². The zero-order valence-electron chi connectivity index (χ0n) is 12.0.